The largest absolute Gasteiger partial charge is 0.493 e. The lowest BCUT2D eigenvalue weighted by Gasteiger charge is -2.14. The first-order valence-corrected chi connectivity index (χ1v) is 10.6. The van der Waals surface area contributed by atoms with E-state index < -0.39 is 0 Å². The summed E-state index contributed by atoms with van der Waals surface area (Å²) < 4.78 is 17.9. The summed E-state index contributed by atoms with van der Waals surface area (Å²) in [5.41, 5.74) is 2.91. The molecule has 0 bridgehead atoms. The molecule has 7 heteroatoms. The topological polar surface area (TPSA) is 62.6 Å². The molecule has 4 aromatic rings. The van der Waals surface area contributed by atoms with E-state index in [0.717, 1.165) is 16.8 Å². The van der Waals surface area contributed by atoms with Gasteiger partial charge in [-0.15, -0.1) is 0 Å². The molecule has 33 heavy (non-hydrogen) atoms. The van der Waals surface area contributed by atoms with Crippen molar-refractivity contribution >= 4 is 34.7 Å². The van der Waals surface area contributed by atoms with E-state index in [4.69, 9.17) is 30.8 Å². The number of hydrogen-bond donors (Lipinski definition) is 0. The van der Waals surface area contributed by atoms with Gasteiger partial charge in [-0.05, 0) is 66.6 Å². The van der Waals surface area contributed by atoms with Crippen molar-refractivity contribution in [1.82, 2.24) is 9.55 Å². The van der Waals surface area contributed by atoms with E-state index >= 15 is 0 Å². The summed E-state index contributed by atoms with van der Waals surface area (Å²) in [4.78, 5) is 18.2. The van der Waals surface area contributed by atoms with Gasteiger partial charge in [0.2, 0.25) is 5.75 Å². The summed E-state index contributed by atoms with van der Waals surface area (Å²) in [6.07, 6.45) is 3.62. The highest BCUT2D eigenvalue weighted by Crippen LogP contribution is 2.38. The quantitative estimate of drug-likeness (QED) is 0.376. The number of methoxy groups -OCH3 is 3. The van der Waals surface area contributed by atoms with Gasteiger partial charge in [0.05, 0.1) is 37.9 Å². The lowest BCUT2D eigenvalue weighted by molar-refractivity contribution is 0.324. The minimum absolute atomic E-state index is 0.174. The van der Waals surface area contributed by atoms with Crippen molar-refractivity contribution in [2.75, 3.05) is 21.3 Å². The molecule has 0 amide bonds. The summed E-state index contributed by atoms with van der Waals surface area (Å²) in [7, 11) is 4.68. The molecule has 6 nitrogen and oxygen atoms in total. The number of fused-ring (bicyclic) bond motifs is 1. The van der Waals surface area contributed by atoms with Crippen molar-refractivity contribution in [2.45, 2.75) is 6.92 Å². The van der Waals surface area contributed by atoms with Crippen LogP contribution in [0.2, 0.25) is 5.02 Å². The Bertz CT molecular complexity index is 1400. The Morgan fingerprint density at radius 3 is 2.27 bits per heavy atom. The second-order valence-corrected chi connectivity index (χ2v) is 7.84. The molecule has 0 spiro atoms. The zero-order chi connectivity index (χ0) is 23.5. The maximum atomic E-state index is 13.5. The van der Waals surface area contributed by atoms with Crippen LogP contribution >= 0.6 is 11.6 Å². The lowest BCUT2D eigenvalue weighted by Crippen LogP contribution is -2.22. The van der Waals surface area contributed by atoms with Crippen LogP contribution in [0.15, 0.2) is 59.4 Å². The molecule has 0 aliphatic rings. The highest BCUT2D eigenvalue weighted by molar-refractivity contribution is 6.31. The minimum atomic E-state index is -0.174. The number of ether oxygens (including phenoxy) is 3. The second-order valence-electron chi connectivity index (χ2n) is 7.40. The van der Waals surface area contributed by atoms with Crippen LogP contribution in [0.4, 0.5) is 0 Å². The normalized spacial score (nSPS) is 11.2. The van der Waals surface area contributed by atoms with Gasteiger partial charge in [0, 0.05) is 5.02 Å². The number of halogens is 1. The fraction of sp³-hybridized carbons (Fsp3) is 0.154. The fourth-order valence-corrected chi connectivity index (χ4v) is 3.84. The maximum absolute atomic E-state index is 13.5. The first kappa shape index (κ1) is 22.4. The Hall–Kier alpha value is -3.77. The van der Waals surface area contributed by atoms with Crippen molar-refractivity contribution < 1.29 is 14.2 Å². The van der Waals surface area contributed by atoms with Gasteiger partial charge < -0.3 is 14.2 Å². The van der Waals surface area contributed by atoms with Crippen molar-refractivity contribution in [3.63, 3.8) is 0 Å². The molecule has 0 aliphatic heterocycles. The van der Waals surface area contributed by atoms with Gasteiger partial charge in [-0.1, -0.05) is 29.8 Å². The molecule has 1 heterocycles. The third-order valence-electron chi connectivity index (χ3n) is 5.23. The van der Waals surface area contributed by atoms with Crippen LogP contribution in [0.1, 0.15) is 17.0 Å². The highest BCUT2D eigenvalue weighted by Gasteiger charge is 2.14. The first-order chi connectivity index (χ1) is 15.9. The summed E-state index contributed by atoms with van der Waals surface area (Å²) >= 11 is 6.16. The van der Waals surface area contributed by atoms with Crippen molar-refractivity contribution in [3.05, 3.63) is 86.9 Å². The second kappa shape index (κ2) is 9.38. The first-order valence-electron chi connectivity index (χ1n) is 10.2. The van der Waals surface area contributed by atoms with Gasteiger partial charge in [0.15, 0.2) is 11.5 Å². The Morgan fingerprint density at radius 1 is 0.909 bits per heavy atom. The number of hydrogen-bond acceptors (Lipinski definition) is 5. The molecule has 0 unspecified atom stereocenters. The van der Waals surface area contributed by atoms with Crippen LogP contribution in [0.3, 0.4) is 0 Å². The number of aryl methyl sites for hydroxylation is 1. The van der Waals surface area contributed by atoms with Gasteiger partial charge in [-0.2, -0.15) is 0 Å². The maximum Gasteiger partial charge on any atom is 0.266 e. The van der Waals surface area contributed by atoms with E-state index in [1.165, 1.54) is 0 Å². The molecule has 3 aromatic carbocycles. The predicted molar refractivity (Wildman–Crippen MR) is 132 cm³/mol. The average molecular weight is 463 g/mol. The molecule has 0 fully saturated rings. The zero-order valence-corrected chi connectivity index (χ0v) is 19.5. The summed E-state index contributed by atoms with van der Waals surface area (Å²) in [6, 6.07) is 16.5. The molecule has 4 rings (SSSR count). The smallest absolute Gasteiger partial charge is 0.266 e. The van der Waals surface area contributed by atoms with E-state index in [1.807, 2.05) is 49.4 Å². The monoisotopic (exact) mass is 462 g/mol. The lowest BCUT2D eigenvalue weighted by atomic mass is 10.1. The molecule has 0 atom stereocenters. The third kappa shape index (κ3) is 4.43. The van der Waals surface area contributed by atoms with Crippen LogP contribution < -0.4 is 19.8 Å². The van der Waals surface area contributed by atoms with Crippen LogP contribution in [0, 0.1) is 6.92 Å². The molecule has 0 aliphatic carbocycles. The average Bonchev–Trinajstić information content (AvgIpc) is 2.81. The number of benzene rings is 3. The summed E-state index contributed by atoms with van der Waals surface area (Å²) in [5, 5.41) is 1.01. The van der Waals surface area contributed by atoms with E-state index in [0.29, 0.717) is 39.0 Å². The van der Waals surface area contributed by atoms with Crippen molar-refractivity contribution in [2.24, 2.45) is 0 Å². The van der Waals surface area contributed by atoms with Crippen LogP contribution in [0.5, 0.6) is 17.2 Å². The summed E-state index contributed by atoms with van der Waals surface area (Å²) in [6.45, 7) is 1.98. The molecular formula is C26H23ClN2O4. The molecule has 0 saturated carbocycles. The Labute approximate surface area is 196 Å². The van der Waals surface area contributed by atoms with E-state index in [2.05, 4.69) is 0 Å². The minimum Gasteiger partial charge on any atom is -0.493 e. The number of rotatable bonds is 6. The van der Waals surface area contributed by atoms with E-state index in [-0.39, 0.29) is 5.56 Å². The number of nitrogens with zero attached hydrogens (tertiary/aromatic N) is 2. The summed E-state index contributed by atoms with van der Waals surface area (Å²) in [5.74, 6) is 2.04. The van der Waals surface area contributed by atoms with Crippen LogP contribution in [-0.4, -0.2) is 30.9 Å². The Kier molecular flexibility index (Phi) is 6.38. The van der Waals surface area contributed by atoms with Gasteiger partial charge in [-0.3, -0.25) is 9.36 Å². The van der Waals surface area contributed by atoms with Gasteiger partial charge in [0.1, 0.15) is 5.82 Å². The van der Waals surface area contributed by atoms with Crippen LogP contribution in [-0.2, 0) is 0 Å². The van der Waals surface area contributed by atoms with E-state index in [9.17, 15) is 4.79 Å². The van der Waals surface area contributed by atoms with Crippen LogP contribution in [0.25, 0.3) is 28.7 Å². The van der Waals surface area contributed by atoms with Gasteiger partial charge in [-0.25, -0.2) is 4.98 Å². The predicted octanol–water partition coefficient (Wildman–Crippen LogP) is 5.54. The number of aromatic nitrogens is 2. The molecule has 1 aromatic heterocycles. The zero-order valence-electron chi connectivity index (χ0n) is 18.8. The third-order valence-corrected chi connectivity index (χ3v) is 5.46. The van der Waals surface area contributed by atoms with Gasteiger partial charge >= 0.3 is 0 Å². The highest BCUT2D eigenvalue weighted by atomic mass is 35.5. The van der Waals surface area contributed by atoms with E-state index in [1.54, 1.807) is 50.2 Å². The molecule has 0 N–H and O–H groups in total. The molecule has 168 valence electrons. The SMILES string of the molecule is COc1cc(C=Cc2nc3cc(Cl)ccc3c(=O)n2-c2cccc(C)c2)cc(OC)c1OC. The van der Waals surface area contributed by atoms with Crippen molar-refractivity contribution in [3.8, 4) is 22.9 Å². The van der Waals surface area contributed by atoms with Gasteiger partial charge in [0.25, 0.3) is 5.56 Å². The molecular weight excluding hydrogens is 440 g/mol. The fourth-order valence-electron chi connectivity index (χ4n) is 3.67. The molecule has 0 radical (unpaired) electrons. The Balaban J connectivity index is 1.92. The molecule has 0 saturated heterocycles. The van der Waals surface area contributed by atoms with Crippen molar-refractivity contribution in [1.29, 1.82) is 0 Å². The Morgan fingerprint density at radius 2 is 1.64 bits per heavy atom. The standard InChI is InChI=1S/C26H23ClN2O4/c1-16-6-5-7-19(12-16)29-24(28-21-15-18(27)9-10-20(21)26(29)30)11-8-17-13-22(31-2)25(33-4)23(14-17)32-3/h5-15H,1-4H3.